The number of carbonyl (C=O) groups is 1. The number of rotatable bonds is 3. The summed E-state index contributed by atoms with van der Waals surface area (Å²) in [6, 6.07) is 2.34. The number of aryl methyl sites for hydroxylation is 1. The monoisotopic (exact) mass is 325 g/mol. The van der Waals surface area contributed by atoms with E-state index in [1.165, 1.54) is 0 Å². The lowest BCUT2D eigenvalue weighted by Crippen LogP contribution is -2.38. The SMILES string of the molecule is Cc1ccnc(Cl)c1NC1CCC(NC(=O)OC(C)(C)C)C1. The normalized spacial score (nSPS) is 21.5. The molecule has 0 aliphatic heterocycles. The smallest absolute Gasteiger partial charge is 0.407 e. The van der Waals surface area contributed by atoms with Crippen molar-refractivity contribution in [1.29, 1.82) is 0 Å². The highest BCUT2D eigenvalue weighted by Gasteiger charge is 2.28. The fourth-order valence-electron chi connectivity index (χ4n) is 2.62. The van der Waals surface area contributed by atoms with Gasteiger partial charge in [-0.05, 0) is 58.6 Å². The van der Waals surface area contributed by atoms with E-state index >= 15 is 0 Å². The van der Waals surface area contributed by atoms with Crippen molar-refractivity contribution >= 4 is 23.4 Å². The second-order valence-electron chi connectivity index (χ2n) is 6.79. The van der Waals surface area contributed by atoms with Gasteiger partial charge >= 0.3 is 6.09 Å². The summed E-state index contributed by atoms with van der Waals surface area (Å²) in [6.45, 7) is 7.58. The van der Waals surface area contributed by atoms with Gasteiger partial charge in [0.05, 0.1) is 5.69 Å². The van der Waals surface area contributed by atoms with Crippen LogP contribution in [0.2, 0.25) is 5.15 Å². The second-order valence-corrected chi connectivity index (χ2v) is 7.15. The summed E-state index contributed by atoms with van der Waals surface area (Å²) in [4.78, 5) is 15.9. The predicted molar refractivity (Wildman–Crippen MR) is 88.4 cm³/mol. The largest absolute Gasteiger partial charge is 0.444 e. The number of halogens is 1. The number of pyridine rings is 1. The minimum Gasteiger partial charge on any atom is -0.444 e. The van der Waals surface area contributed by atoms with Crippen molar-refractivity contribution < 1.29 is 9.53 Å². The molecule has 1 aromatic heterocycles. The first kappa shape index (κ1) is 16.9. The zero-order valence-corrected chi connectivity index (χ0v) is 14.3. The van der Waals surface area contributed by atoms with E-state index in [1.54, 1.807) is 6.20 Å². The molecular formula is C16H24ClN3O2. The Hall–Kier alpha value is -1.49. The molecule has 0 saturated heterocycles. The number of hydrogen-bond acceptors (Lipinski definition) is 4. The molecule has 122 valence electrons. The zero-order valence-electron chi connectivity index (χ0n) is 13.6. The molecule has 5 nitrogen and oxygen atoms in total. The van der Waals surface area contributed by atoms with E-state index in [0.717, 1.165) is 30.5 Å². The van der Waals surface area contributed by atoms with Gasteiger partial charge in [-0.3, -0.25) is 0 Å². The third kappa shape index (κ3) is 4.77. The molecule has 2 unspecified atom stereocenters. The Morgan fingerprint density at radius 2 is 2.05 bits per heavy atom. The van der Waals surface area contributed by atoms with Crippen LogP contribution in [0.25, 0.3) is 0 Å². The summed E-state index contributed by atoms with van der Waals surface area (Å²) in [5.74, 6) is 0. The Kier molecular flexibility index (Phi) is 5.16. The van der Waals surface area contributed by atoms with E-state index < -0.39 is 5.60 Å². The molecule has 0 spiro atoms. The van der Waals surface area contributed by atoms with Crippen LogP contribution < -0.4 is 10.6 Å². The average molecular weight is 326 g/mol. The van der Waals surface area contributed by atoms with Gasteiger partial charge in [-0.1, -0.05) is 11.6 Å². The predicted octanol–water partition coefficient (Wildman–Crippen LogP) is 3.90. The highest BCUT2D eigenvalue weighted by atomic mass is 35.5. The number of nitrogens with zero attached hydrogens (tertiary/aromatic N) is 1. The van der Waals surface area contributed by atoms with Crippen molar-refractivity contribution in [2.75, 3.05) is 5.32 Å². The lowest BCUT2D eigenvalue weighted by molar-refractivity contribution is 0.0505. The molecular weight excluding hydrogens is 302 g/mol. The first-order valence-corrected chi connectivity index (χ1v) is 7.99. The van der Waals surface area contributed by atoms with Gasteiger partial charge in [0.2, 0.25) is 0 Å². The fraction of sp³-hybridized carbons (Fsp3) is 0.625. The van der Waals surface area contributed by atoms with Crippen LogP contribution in [0.4, 0.5) is 10.5 Å². The van der Waals surface area contributed by atoms with Crippen molar-refractivity contribution in [2.24, 2.45) is 0 Å². The lowest BCUT2D eigenvalue weighted by atomic mass is 10.2. The van der Waals surface area contributed by atoms with Crippen molar-refractivity contribution in [3.8, 4) is 0 Å². The summed E-state index contributed by atoms with van der Waals surface area (Å²) in [7, 11) is 0. The van der Waals surface area contributed by atoms with Gasteiger partial charge in [0.1, 0.15) is 5.60 Å². The van der Waals surface area contributed by atoms with E-state index in [9.17, 15) is 4.79 Å². The zero-order chi connectivity index (χ0) is 16.3. The van der Waals surface area contributed by atoms with Crippen molar-refractivity contribution in [1.82, 2.24) is 10.3 Å². The molecule has 1 aliphatic rings. The highest BCUT2D eigenvalue weighted by Crippen LogP contribution is 2.28. The van der Waals surface area contributed by atoms with Gasteiger partial charge in [-0.25, -0.2) is 9.78 Å². The first-order chi connectivity index (χ1) is 10.2. The number of ether oxygens (including phenoxy) is 1. The Morgan fingerprint density at radius 1 is 1.36 bits per heavy atom. The maximum absolute atomic E-state index is 11.8. The highest BCUT2D eigenvalue weighted by molar-refractivity contribution is 6.32. The summed E-state index contributed by atoms with van der Waals surface area (Å²) in [6.07, 6.45) is 4.10. The average Bonchev–Trinajstić information content (AvgIpc) is 2.79. The molecule has 1 aliphatic carbocycles. The molecule has 2 atom stereocenters. The Morgan fingerprint density at radius 3 is 2.68 bits per heavy atom. The number of amides is 1. The molecule has 2 rings (SSSR count). The number of alkyl carbamates (subject to hydrolysis) is 1. The number of anilines is 1. The minimum absolute atomic E-state index is 0.128. The van der Waals surface area contributed by atoms with Crippen LogP contribution >= 0.6 is 11.6 Å². The van der Waals surface area contributed by atoms with Crippen molar-refractivity contribution in [3.63, 3.8) is 0 Å². The maximum atomic E-state index is 11.8. The van der Waals surface area contributed by atoms with Crippen LogP contribution in [0, 0.1) is 6.92 Å². The summed E-state index contributed by atoms with van der Waals surface area (Å²) < 4.78 is 5.29. The van der Waals surface area contributed by atoms with E-state index in [1.807, 2.05) is 33.8 Å². The number of nitrogens with one attached hydrogen (secondary N) is 2. The van der Waals surface area contributed by atoms with Crippen molar-refractivity contribution in [2.45, 2.75) is 64.6 Å². The number of aromatic nitrogens is 1. The maximum Gasteiger partial charge on any atom is 0.407 e. The molecule has 1 aromatic rings. The molecule has 0 radical (unpaired) electrons. The fourth-order valence-corrected chi connectivity index (χ4v) is 2.88. The van der Waals surface area contributed by atoms with Gasteiger partial charge in [-0.2, -0.15) is 0 Å². The Bertz CT molecular complexity index is 522. The molecule has 1 fully saturated rings. The van der Waals surface area contributed by atoms with E-state index in [0.29, 0.717) is 5.15 Å². The molecule has 1 heterocycles. The first-order valence-electron chi connectivity index (χ1n) is 7.62. The van der Waals surface area contributed by atoms with Gasteiger partial charge in [0.25, 0.3) is 0 Å². The van der Waals surface area contributed by atoms with Crippen LogP contribution in [-0.4, -0.2) is 28.8 Å². The van der Waals surface area contributed by atoms with Crippen LogP contribution in [0.15, 0.2) is 12.3 Å². The van der Waals surface area contributed by atoms with Crippen LogP contribution in [0.5, 0.6) is 0 Å². The van der Waals surface area contributed by atoms with Crippen molar-refractivity contribution in [3.05, 3.63) is 23.0 Å². The third-order valence-electron chi connectivity index (χ3n) is 3.61. The molecule has 1 amide bonds. The lowest BCUT2D eigenvalue weighted by Gasteiger charge is -2.22. The number of carbonyl (C=O) groups excluding carboxylic acids is 1. The molecule has 0 aromatic carbocycles. The molecule has 0 bridgehead atoms. The molecule has 2 N–H and O–H groups in total. The van der Waals surface area contributed by atoms with Crippen LogP contribution in [-0.2, 0) is 4.74 Å². The molecule has 1 saturated carbocycles. The van der Waals surface area contributed by atoms with Gasteiger partial charge in [0, 0.05) is 18.3 Å². The van der Waals surface area contributed by atoms with E-state index in [2.05, 4.69) is 15.6 Å². The summed E-state index contributed by atoms with van der Waals surface area (Å²) in [5, 5.41) is 6.86. The topological polar surface area (TPSA) is 63.2 Å². The van der Waals surface area contributed by atoms with Gasteiger partial charge < -0.3 is 15.4 Å². The standard InChI is InChI=1S/C16H24ClN3O2/c1-10-7-8-18-14(17)13(10)19-11-5-6-12(9-11)20-15(21)22-16(2,3)4/h7-8,11-12,19H,5-6,9H2,1-4H3,(H,20,21). The third-order valence-corrected chi connectivity index (χ3v) is 3.90. The van der Waals surface area contributed by atoms with E-state index in [4.69, 9.17) is 16.3 Å². The van der Waals surface area contributed by atoms with Crippen LogP contribution in [0.1, 0.15) is 45.6 Å². The summed E-state index contributed by atoms with van der Waals surface area (Å²) in [5.41, 5.74) is 1.48. The van der Waals surface area contributed by atoms with Gasteiger partial charge in [0.15, 0.2) is 5.15 Å². The minimum atomic E-state index is -0.472. The Balaban J connectivity index is 1.87. The molecule has 22 heavy (non-hydrogen) atoms. The molecule has 6 heteroatoms. The number of hydrogen-bond donors (Lipinski definition) is 2. The summed E-state index contributed by atoms with van der Waals surface area (Å²) >= 11 is 6.14. The van der Waals surface area contributed by atoms with E-state index in [-0.39, 0.29) is 18.2 Å². The van der Waals surface area contributed by atoms with Crippen LogP contribution in [0.3, 0.4) is 0 Å². The quantitative estimate of drug-likeness (QED) is 0.827. The van der Waals surface area contributed by atoms with Gasteiger partial charge in [-0.15, -0.1) is 0 Å². The second kappa shape index (κ2) is 6.73. The Labute approximate surface area is 136 Å².